The van der Waals surface area contributed by atoms with Crippen molar-refractivity contribution < 1.29 is 4.79 Å². The minimum Gasteiger partial charge on any atom is -0.342 e. The molecule has 1 aromatic heterocycles. The number of carbonyl (C=O) groups excluding carboxylic acids is 1. The standard InChI is InChI=1S/C17H14N4O/c1-11-19-15-6-5-12(8-16(15)20-11)9-17(22)21-14-4-2-3-13(7-14)10-18/h2-8H,9H2,1H3,(H,19,20)(H,21,22). The molecule has 0 bridgehead atoms. The molecule has 5 heteroatoms. The summed E-state index contributed by atoms with van der Waals surface area (Å²) in [4.78, 5) is 19.6. The van der Waals surface area contributed by atoms with Crippen LogP contribution in [-0.4, -0.2) is 15.9 Å². The molecule has 2 N–H and O–H groups in total. The number of anilines is 1. The zero-order chi connectivity index (χ0) is 15.5. The Morgan fingerprint density at radius 1 is 1.32 bits per heavy atom. The van der Waals surface area contributed by atoms with Crippen molar-refractivity contribution >= 4 is 22.6 Å². The van der Waals surface area contributed by atoms with Gasteiger partial charge in [0.15, 0.2) is 0 Å². The number of H-pyrrole nitrogens is 1. The predicted molar refractivity (Wildman–Crippen MR) is 84.3 cm³/mol. The Balaban J connectivity index is 1.73. The van der Waals surface area contributed by atoms with Crippen LogP contribution in [0.15, 0.2) is 42.5 Å². The van der Waals surface area contributed by atoms with Crippen LogP contribution >= 0.6 is 0 Å². The maximum Gasteiger partial charge on any atom is 0.228 e. The van der Waals surface area contributed by atoms with Crippen LogP contribution < -0.4 is 5.32 Å². The Morgan fingerprint density at radius 3 is 3.00 bits per heavy atom. The minimum absolute atomic E-state index is 0.120. The van der Waals surface area contributed by atoms with E-state index in [0.29, 0.717) is 11.3 Å². The van der Waals surface area contributed by atoms with E-state index in [1.54, 1.807) is 24.3 Å². The predicted octanol–water partition coefficient (Wildman–Crippen LogP) is 2.92. The van der Waals surface area contributed by atoms with E-state index >= 15 is 0 Å². The van der Waals surface area contributed by atoms with E-state index in [1.165, 1.54) is 0 Å². The number of nitrogens with zero attached hydrogens (tertiary/aromatic N) is 2. The molecule has 0 unspecified atom stereocenters. The summed E-state index contributed by atoms with van der Waals surface area (Å²) in [5.74, 6) is 0.732. The van der Waals surface area contributed by atoms with Gasteiger partial charge in [0.1, 0.15) is 5.82 Å². The molecule has 0 spiro atoms. The first kappa shape index (κ1) is 13.8. The first-order valence-corrected chi connectivity index (χ1v) is 6.89. The van der Waals surface area contributed by atoms with E-state index in [-0.39, 0.29) is 12.3 Å². The fourth-order valence-electron chi connectivity index (χ4n) is 2.35. The van der Waals surface area contributed by atoms with Crippen LogP contribution in [0.4, 0.5) is 5.69 Å². The van der Waals surface area contributed by atoms with Gasteiger partial charge >= 0.3 is 0 Å². The summed E-state index contributed by atoms with van der Waals surface area (Å²) >= 11 is 0. The van der Waals surface area contributed by atoms with Gasteiger partial charge in [-0.2, -0.15) is 5.26 Å². The summed E-state index contributed by atoms with van der Waals surface area (Å²) in [6, 6.07) is 14.6. The third-order valence-electron chi connectivity index (χ3n) is 3.30. The number of aromatic nitrogens is 2. The summed E-state index contributed by atoms with van der Waals surface area (Å²) in [6.07, 6.45) is 0.269. The van der Waals surface area contributed by atoms with E-state index in [2.05, 4.69) is 21.4 Å². The maximum atomic E-state index is 12.1. The molecular formula is C17H14N4O. The largest absolute Gasteiger partial charge is 0.342 e. The summed E-state index contributed by atoms with van der Waals surface area (Å²) in [7, 11) is 0. The highest BCUT2D eigenvalue weighted by molar-refractivity contribution is 5.93. The first-order chi connectivity index (χ1) is 10.6. The Morgan fingerprint density at radius 2 is 2.18 bits per heavy atom. The van der Waals surface area contributed by atoms with Crippen molar-refractivity contribution in [2.75, 3.05) is 5.32 Å². The minimum atomic E-state index is -0.120. The average Bonchev–Trinajstić information content (AvgIpc) is 2.86. The second-order valence-electron chi connectivity index (χ2n) is 5.09. The molecule has 22 heavy (non-hydrogen) atoms. The molecule has 5 nitrogen and oxygen atoms in total. The van der Waals surface area contributed by atoms with E-state index in [9.17, 15) is 4.79 Å². The van der Waals surface area contributed by atoms with Gasteiger partial charge in [0, 0.05) is 5.69 Å². The number of fused-ring (bicyclic) bond motifs is 1. The van der Waals surface area contributed by atoms with Crippen molar-refractivity contribution in [3.8, 4) is 6.07 Å². The van der Waals surface area contributed by atoms with Crippen LogP contribution in [0.1, 0.15) is 17.0 Å². The molecule has 0 radical (unpaired) electrons. The summed E-state index contributed by atoms with van der Waals surface area (Å²) < 4.78 is 0. The molecule has 1 heterocycles. The van der Waals surface area contributed by atoms with Gasteiger partial charge in [-0.25, -0.2) is 4.98 Å². The third-order valence-corrected chi connectivity index (χ3v) is 3.30. The van der Waals surface area contributed by atoms with Gasteiger partial charge in [0.25, 0.3) is 0 Å². The molecule has 0 aliphatic heterocycles. The summed E-state index contributed by atoms with van der Waals surface area (Å²) in [5.41, 5.74) is 3.87. The molecule has 3 rings (SSSR count). The zero-order valence-electron chi connectivity index (χ0n) is 12.1. The molecule has 3 aromatic rings. The summed E-state index contributed by atoms with van der Waals surface area (Å²) in [5, 5.41) is 11.7. The topological polar surface area (TPSA) is 81.6 Å². The van der Waals surface area contributed by atoms with Gasteiger partial charge in [-0.3, -0.25) is 4.79 Å². The molecule has 0 aliphatic carbocycles. The van der Waals surface area contributed by atoms with Gasteiger partial charge < -0.3 is 10.3 Å². The van der Waals surface area contributed by atoms with Crippen molar-refractivity contribution in [2.45, 2.75) is 13.3 Å². The van der Waals surface area contributed by atoms with Gasteiger partial charge in [-0.05, 0) is 42.8 Å². The van der Waals surface area contributed by atoms with E-state index in [4.69, 9.17) is 5.26 Å². The fourth-order valence-corrected chi connectivity index (χ4v) is 2.35. The molecule has 1 amide bonds. The highest BCUT2D eigenvalue weighted by Gasteiger charge is 2.07. The molecule has 2 aromatic carbocycles. The number of imidazole rings is 1. The Kier molecular flexibility index (Phi) is 3.58. The lowest BCUT2D eigenvalue weighted by molar-refractivity contribution is -0.115. The smallest absolute Gasteiger partial charge is 0.228 e. The van der Waals surface area contributed by atoms with Crippen molar-refractivity contribution in [3.63, 3.8) is 0 Å². The van der Waals surface area contributed by atoms with E-state index < -0.39 is 0 Å². The van der Waals surface area contributed by atoms with Crippen molar-refractivity contribution in [1.29, 1.82) is 5.26 Å². The molecule has 0 saturated carbocycles. The molecule has 0 atom stereocenters. The maximum absolute atomic E-state index is 12.1. The second-order valence-corrected chi connectivity index (χ2v) is 5.09. The van der Waals surface area contributed by atoms with Crippen molar-refractivity contribution in [2.24, 2.45) is 0 Å². The third kappa shape index (κ3) is 2.96. The van der Waals surface area contributed by atoms with Crippen LogP contribution in [-0.2, 0) is 11.2 Å². The van der Waals surface area contributed by atoms with Crippen LogP contribution in [0.5, 0.6) is 0 Å². The van der Waals surface area contributed by atoms with Gasteiger partial charge in [0.2, 0.25) is 5.91 Å². The number of aromatic amines is 1. The highest BCUT2D eigenvalue weighted by Crippen LogP contribution is 2.15. The lowest BCUT2D eigenvalue weighted by Gasteiger charge is -2.05. The molecule has 108 valence electrons. The number of nitrogens with one attached hydrogen (secondary N) is 2. The Labute approximate surface area is 127 Å². The monoisotopic (exact) mass is 290 g/mol. The van der Waals surface area contributed by atoms with Crippen LogP contribution in [0, 0.1) is 18.3 Å². The summed E-state index contributed by atoms with van der Waals surface area (Å²) in [6.45, 7) is 1.90. The van der Waals surface area contributed by atoms with E-state index in [1.807, 2.05) is 25.1 Å². The van der Waals surface area contributed by atoms with E-state index in [0.717, 1.165) is 22.4 Å². The van der Waals surface area contributed by atoms with Gasteiger partial charge in [0.05, 0.1) is 29.1 Å². The van der Waals surface area contributed by atoms with Gasteiger partial charge in [-0.15, -0.1) is 0 Å². The lowest BCUT2D eigenvalue weighted by Crippen LogP contribution is -2.14. The number of benzene rings is 2. The highest BCUT2D eigenvalue weighted by atomic mass is 16.1. The van der Waals surface area contributed by atoms with Crippen LogP contribution in [0.3, 0.4) is 0 Å². The van der Waals surface area contributed by atoms with Crippen LogP contribution in [0.2, 0.25) is 0 Å². The number of hydrogen-bond donors (Lipinski definition) is 2. The zero-order valence-corrected chi connectivity index (χ0v) is 12.1. The van der Waals surface area contributed by atoms with Crippen molar-refractivity contribution in [1.82, 2.24) is 9.97 Å². The van der Waals surface area contributed by atoms with Crippen LogP contribution in [0.25, 0.3) is 11.0 Å². The molecule has 0 aliphatic rings. The lowest BCUT2D eigenvalue weighted by atomic mass is 10.1. The first-order valence-electron chi connectivity index (χ1n) is 6.89. The molecule has 0 fully saturated rings. The number of rotatable bonds is 3. The number of hydrogen-bond acceptors (Lipinski definition) is 3. The average molecular weight is 290 g/mol. The molecular weight excluding hydrogens is 276 g/mol. The number of nitriles is 1. The number of amides is 1. The Bertz CT molecular complexity index is 889. The molecule has 0 saturated heterocycles. The normalized spacial score (nSPS) is 10.4. The fraction of sp³-hybridized carbons (Fsp3) is 0.118. The SMILES string of the molecule is Cc1nc2ccc(CC(=O)Nc3cccc(C#N)c3)cc2[nH]1. The van der Waals surface area contributed by atoms with Crippen molar-refractivity contribution in [3.05, 3.63) is 59.4 Å². The quantitative estimate of drug-likeness (QED) is 0.778. The number of carbonyl (C=O) groups is 1. The Hall–Kier alpha value is -3.13. The number of aryl methyl sites for hydroxylation is 1. The van der Waals surface area contributed by atoms with Gasteiger partial charge in [-0.1, -0.05) is 12.1 Å². The second kappa shape index (κ2) is 5.70.